The molecule has 0 saturated heterocycles. The van der Waals surface area contributed by atoms with E-state index in [1.165, 1.54) is 37.7 Å². The molecule has 0 unspecified atom stereocenters. The molecule has 0 aliphatic heterocycles. The van der Waals surface area contributed by atoms with Crippen molar-refractivity contribution in [3.63, 3.8) is 0 Å². The van der Waals surface area contributed by atoms with Crippen LogP contribution in [0.4, 0.5) is 0 Å². The van der Waals surface area contributed by atoms with Crippen LogP contribution in [0.25, 0.3) is 4.85 Å². The molecule has 3 nitrogen and oxygen atoms in total. The Morgan fingerprint density at radius 1 is 1.11 bits per heavy atom. The molecule has 3 heteroatoms. The third kappa shape index (κ3) is 2.66. The molecule has 8 atom stereocenters. The van der Waals surface area contributed by atoms with Gasteiger partial charge < -0.3 is 10.2 Å². The van der Waals surface area contributed by atoms with Gasteiger partial charge in [-0.1, -0.05) is 19.4 Å². The van der Waals surface area contributed by atoms with Crippen molar-refractivity contribution in [2.24, 2.45) is 40.4 Å². The molecule has 0 bridgehead atoms. The summed E-state index contributed by atoms with van der Waals surface area (Å²) in [4.78, 5) is 3.80. The van der Waals surface area contributed by atoms with Crippen LogP contribution < -0.4 is 0 Å². The highest BCUT2D eigenvalue weighted by molar-refractivity contribution is 5.31. The number of aliphatic hydroxyl groups is 2. The summed E-state index contributed by atoms with van der Waals surface area (Å²) in [5, 5.41) is 20.9. The topological polar surface area (TPSA) is 44.8 Å². The fourth-order valence-electron chi connectivity index (χ4n) is 8.34. The van der Waals surface area contributed by atoms with Crippen LogP contribution >= 0.6 is 0 Å². The summed E-state index contributed by atoms with van der Waals surface area (Å²) < 4.78 is 0. The van der Waals surface area contributed by atoms with Gasteiger partial charge in [0.25, 0.3) is 0 Å². The molecule has 2 N–H and O–H groups in total. The van der Waals surface area contributed by atoms with Gasteiger partial charge in [-0.25, -0.2) is 4.85 Å². The number of hydrogen-bond donors (Lipinski definition) is 2. The van der Waals surface area contributed by atoms with Gasteiger partial charge in [0.1, 0.15) is 0 Å². The average molecular weight is 372 g/mol. The van der Waals surface area contributed by atoms with E-state index in [0.717, 1.165) is 36.8 Å². The van der Waals surface area contributed by atoms with Crippen LogP contribution in [-0.2, 0) is 0 Å². The van der Waals surface area contributed by atoms with Gasteiger partial charge in [-0.05, 0) is 99.7 Å². The molecule has 0 amide bonds. The highest BCUT2D eigenvalue weighted by atomic mass is 16.3. The fraction of sp³-hybridized carbons (Fsp3) is 0.875. The molecule has 0 aromatic rings. The lowest BCUT2D eigenvalue weighted by Crippen LogP contribution is -2.58. The van der Waals surface area contributed by atoms with Crippen molar-refractivity contribution in [1.29, 1.82) is 0 Å². The minimum atomic E-state index is -0.717. The van der Waals surface area contributed by atoms with E-state index < -0.39 is 5.60 Å². The minimum absolute atomic E-state index is 0.00852. The van der Waals surface area contributed by atoms with Gasteiger partial charge in [0.05, 0.1) is 12.2 Å². The summed E-state index contributed by atoms with van der Waals surface area (Å²) in [6.45, 7) is 16.5. The summed E-state index contributed by atoms with van der Waals surface area (Å²) in [7, 11) is 0. The number of nitrogens with zero attached hydrogens (tertiary/aromatic N) is 1. The Balaban J connectivity index is 1.65. The molecule has 0 aromatic heterocycles. The maximum atomic E-state index is 10.9. The van der Waals surface area contributed by atoms with Crippen molar-refractivity contribution in [2.45, 2.75) is 84.7 Å². The first-order valence-corrected chi connectivity index (χ1v) is 11.1. The van der Waals surface area contributed by atoms with Crippen molar-refractivity contribution in [3.8, 4) is 0 Å². The second-order valence-electron chi connectivity index (χ2n) is 11.0. The molecular weight excluding hydrogens is 334 g/mol. The van der Waals surface area contributed by atoms with Crippen molar-refractivity contribution in [1.82, 2.24) is 0 Å². The van der Waals surface area contributed by atoms with Crippen LogP contribution in [0.3, 0.4) is 0 Å². The SMILES string of the molecule is [C-]#[N+]/C(C)=C1/CC[C@H]2[C@@H]3CC[C@H]4C[C@](C)(O)[C@@H](CO)C[C@]4(C)[C@H]3CC[C@]12C. The number of hydrogen-bond acceptors (Lipinski definition) is 2. The van der Waals surface area contributed by atoms with E-state index in [2.05, 4.69) is 18.7 Å². The van der Waals surface area contributed by atoms with Gasteiger partial charge in [-0.15, -0.1) is 0 Å². The minimum Gasteiger partial charge on any atom is -0.396 e. The van der Waals surface area contributed by atoms with E-state index in [4.69, 9.17) is 6.57 Å². The van der Waals surface area contributed by atoms with Gasteiger partial charge in [-0.2, -0.15) is 0 Å². The molecule has 150 valence electrons. The van der Waals surface area contributed by atoms with Gasteiger partial charge in [0, 0.05) is 12.5 Å². The van der Waals surface area contributed by atoms with E-state index in [-0.39, 0.29) is 23.4 Å². The van der Waals surface area contributed by atoms with Crippen LogP contribution in [0.2, 0.25) is 0 Å². The first kappa shape index (κ1) is 19.5. The predicted molar refractivity (Wildman–Crippen MR) is 108 cm³/mol. The zero-order valence-electron chi connectivity index (χ0n) is 17.6. The van der Waals surface area contributed by atoms with Crippen LogP contribution in [0.15, 0.2) is 11.3 Å². The fourth-order valence-corrected chi connectivity index (χ4v) is 8.34. The largest absolute Gasteiger partial charge is 0.396 e. The average Bonchev–Trinajstić information content (AvgIpc) is 2.98. The zero-order chi connectivity index (χ0) is 19.6. The molecule has 4 fully saturated rings. The molecule has 4 saturated carbocycles. The summed E-state index contributed by atoms with van der Waals surface area (Å²) in [5.41, 5.74) is 2.17. The Morgan fingerprint density at radius 3 is 2.52 bits per heavy atom. The standard InChI is InChI=1S/C24H37NO2/c1-15(25-5)19-8-9-20-18-7-6-16-13-24(4,27)17(14-26)12-23(16,3)21(18)10-11-22(19,20)2/h16-18,20-21,26-27H,6-14H2,1-4H3/b19-15-/t16-,17+,18-,20-,21-,22+,23-,24-/m0/s1. The van der Waals surface area contributed by atoms with Crippen LogP contribution in [0.5, 0.6) is 0 Å². The number of rotatable bonds is 1. The smallest absolute Gasteiger partial charge is 0.162 e. The molecular formula is C24H37NO2. The van der Waals surface area contributed by atoms with E-state index in [1.54, 1.807) is 0 Å². The van der Waals surface area contributed by atoms with E-state index in [1.807, 2.05) is 13.8 Å². The van der Waals surface area contributed by atoms with Gasteiger partial charge in [-0.3, -0.25) is 0 Å². The molecule has 4 rings (SSSR count). The van der Waals surface area contributed by atoms with E-state index >= 15 is 0 Å². The third-order valence-corrected chi connectivity index (χ3v) is 9.90. The summed E-state index contributed by atoms with van der Waals surface area (Å²) in [5.74, 6) is 2.78. The molecule has 4 aliphatic rings. The summed E-state index contributed by atoms with van der Waals surface area (Å²) >= 11 is 0. The maximum absolute atomic E-state index is 10.9. The lowest BCUT2D eigenvalue weighted by atomic mass is 9.43. The van der Waals surface area contributed by atoms with Crippen molar-refractivity contribution >= 4 is 0 Å². The summed E-state index contributed by atoms with van der Waals surface area (Å²) in [6.07, 6.45) is 9.16. The van der Waals surface area contributed by atoms with Crippen molar-refractivity contribution < 1.29 is 10.2 Å². The Hall–Kier alpha value is -0.850. The first-order chi connectivity index (χ1) is 12.7. The highest BCUT2D eigenvalue weighted by Crippen LogP contribution is 2.68. The molecule has 0 spiro atoms. The number of fused-ring (bicyclic) bond motifs is 5. The molecule has 0 radical (unpaired) electrons. The van der Waals surface area contributed by atoms with Crippen LogP contribution in [0.1, 0.15) is 79.1 Å². The Morgan fingerprint density at radius 2 is 1.85 bits per heavy atom. The van der Waals surface area contributed by atoms with Crippen LogP contribution in [0, 0.1) is 47.0 Å². The van der Waals surface area contributed by atoms with Gasteiger partial charge in [0.2, 0.25) is 0 Å². The second kappa shape index (κ2) is 6.33. The first-order valence-electron chi connectivity index (χ1n) is 11.1. The van der Waals surface area contributed by atoms with E-state index in [9.17, 15) is 10.2 Å². The van der Waals surface area contributed by atoms with Gasteiger partial charge in [0.15, 0.2) is 5.70 Å². The van der Waals surface area contributed by atoms with Crippen LogP contribution in [-0.4, -0.2) is 22.4 Å². The molecule has 27 heavy (non-hydrogen) atoms. The lowest BCUT2D eigenvalue weighted by Gasteiger charge is -2.63. The predicted octanol–water partition coefficient (Wildman–Crippen LogP) is 5.19. The molecule has 4 aliphatic carbocycles. The van der Waals surface area contributed by atoms with Crippen molar-refractivity contribution in [2.75, 3.05) is 6.61 Å². The van der Waals surface area contributed by atoms with Gasteiger partial charge >= 0.3 is 0 Å². The number of aliphatic hydroxyl groups excluding tert-OH is 1. The van der Waals surface area contributed by atoms with Crippen molar-refractivity contribution in [3.05, 3.63) is 22.7 Å². The zero-order valence-corrected chi connectivity index (χ0v) is 17.6. The molecule has 0 aromatic carbocycles. The molecule has 0 heterocycles. The third-order valence-electron chi connectivity index (χ3n) is 9.90. The normalized spacial score (nSPS) is 53.7. The Labute approximate surface area is 165 Å². The Kier molecular flexibility index (Phi) is 4.56. The summed E-state index contributed by atoms with van der Waals surface area (Å²) in [6, 6.07) is 0. The lowest BCUT2D eigenvalue weighted by molar-refractivity contribution is -0.172. The second-order valence-corrected chi connectivity index (χ2v) is 11.0. The van der Waals surface area contributed by atoms with E-state index in [0.29, 0.717) is 11.8 Å². The quantitative estimate of drug-likeness (QED) is 0.623. The maximum Gasteiger partial charge on any atom is 0.162 e. The monoisotopic (exact) mass is 371 g/mol. The highest BCUT2D eigenvalue weighted by Gasteiger charge is 2.61. The number of allylic oxidation sites excluding steroid dienone is 2. The Bertz CT molecular complexity index is 689.